The van der Waals surface area contributed by atoms with Gasteiger partial charge in [0.25, 0.3) is 0 Å². The lowest BCUT2D eigenvalue weighted by Crippen LogP contribution is -2.12. The van der Waals surface area contributed by atoms with Crippen LogP contribution in [0.5, 0.6) is 0 Å². The Balaban J connectivity index is 2.60. The van der Waals surface area contributed by atoms with Crippen LogP contribution < -0.4 is 11.3 Å². The molecule has 0 spiro atoms. The normalized spacial score (nSPS) is 12.1. The van der Waals surface area contributed by atoms with Crippen molar-refractivity contribution in [3.05, 3.63) is 54.2 Å². The fraction of sp³-hybridized carbons (Fsp3) is 0.300. The van der Waals surface area contributed by atoms with E-state index in [0.29, 0.717) is 32.7 Å². The summed E-state index contributed by atoms with van der Waals surface area (Å²) in [6.45, 7) is 11.5. The predicted molar refractivity (Wildman–Crippen MR) is 95.6 cm³/mol. The van der Waals surface area contributed by atoms with Gasteiger partial charge in [-0.3, -0.25) is 0 Å². The van der Waals surface area contributed by atoms with E-state index in [1.807, 2.05) is 41.5 Å². The summed E-state index contributed by atoms with van der Waals surface area (Å²) in [6.07, 6.45) is 0. The van der Waals surface area contributed by atoms with Gasteiger partial charge < -0.3 is 8.83 Å². The molecule has 0 atom stereocenters. The second-order valence-electron chi connectivity index (χ2n) is 6.69. The first-order valence-electron chi connectivity index (χ1n) is 7.97. The molecule has 0 bridgehead atoms. The SMILES string of the molecule is Cc1c(C)c2oc(=O)c3c(C)c(C)c(C)c4oc(=O)c(c1C)c2c43. The molecule has 0 radical (unpaired) electrons. The quantitative estimate of drug-likeness (QED) is 0.357. The Kier molecular flexibility index (Phi) is 2.78. The van der Waals surface area contributed by atoms with Crippen molar-refractivity contribution in [3.8, 4) is 0 Å². The van der Waals surface area contributed by atoms with Crippen molar-refractivity contribution in [2.24, 2.45) is 0 Å². The molecule has 24 heavy (non-hydrogen) atoms. The number of hydrogen-bond acceptors (Lipinski definition) is 4. The van der Waals surface area contributed by atoms with Crippen molar-refractivity contribution in [1.29, 1.82) is 0 Å². The Morgan fingerprint density at radius 2 is 0.792 bits per heavy atom. The highest BCUT2D eigenvalue weighted by Crippen LogP contribution is 2.39. The maximum absolute atomic E-state index is 12.7. The van der Waals surface area contributed by atoms with Crippen LogP contribution in [0.2, 0.25) is 0 Å². The molecule has 2 heterocycles. The maximum Gasteiger partial charge on any atom is 0.344 e. The minimum atomic E-state index is -0.380. The van der Waals surface area contributed by atoms with E-state index in [0.717, 1.165) is 33.4 Å². The van der Waals surface area contributed by atoms with E-state index in [9.17, 15) is 9.59 Å². The first-order valence-corrected chi connectivity index (χ1v) is 7.97. The van der Waals surface area contributed by atoms with E-state index in [-0.39, 0.29) is 11.3 Å². The van der Waals surface area contributed by atoms with Crippen LogP contribution in [0.25, 0.3) is 32.7 Å². The van der Waals surface area contributed by atoms with E-state index in [1.54, 1.807) is 0 Å². The molecule has 0 unspecified atom stereocenters. The molecule has 0 amide bonds. The summed E-state index contributed by atoms with van der Waals surface area (Å²) >= 11 is 0. The van der Waals surface area contributed by atoms with Gasteiger partial charge in [-0.05, 0) is 74.9 Å². The second-order valence-corrected chi connectivity index (χ2v) is 6.69. The van der Waals surface area contributed by atoms with E-state index in [1.165, 1.54) is 0 Å². The van der Waals surface area contributed by atoms with Crippen LogP contribution >= 0.6 is 0 Å². The molecule has 0 aliphatic carbocycles. The molecule has 4 aromatic rings. The van der Waals surface area contributed by atoms with Crippen molar-refractivity contribution in [2.75, 3.05) is 0 Å². The van der Waals surface area contributed by atoms with Crippen molar-refractivity contribution in [1.82, 2.24) is 0 Å². The van der Waals surface area contributed by atoms with Gasteiger partial charge in [-0.2, -0.15) is 0 Å². The Bertz CT molecular complexity index is 1180. The van der Waals surface area contributed by atoms with Gasteiger partial charge in [0.2, 0.25) is 0 Å². The standard InChI is InChI=1S/C20H18O4/c1-7-9(3)13-15-16-14(20(22)23-17(15)11(7)5)10(4)8(2)12(6)18(16)24-19(13)21/h1-6H3. The summed E-state index contributed by atoms with van der Waals surface area (Å²) in [5, 5.41) is 2.44. The van der Waals surface area contributed by atoms with Gasteiger partial charge in [0.15, 0.2) is 0 Å². The molecule has 0 aliphatic rings. The molecular formula is C20H18O4. The van der Waals surface area contributed by atoms with Crippen molar-refractivity contribution < 1.29 is 8.83 Å². The summed E-state index contributed by atoms with van der Waals surface area (Å²) < 4.78 is 11.3. The first kappa shape index (κ1) is 14.9. The second kappa shape index (κ2) is 4.47. The lowest BCUT2D eigenvalue weighted by atomic mass is 9.90. The van der Waals surface area contributed by atoms with Crippen molar-refractivity contribution >= 4 is 32.7 Å². The van der Waals surface area contributed by atoms with Crippen LogP contribution in [0.15, 0.2) is 18.4 Å². The first-order chi connectivity index (χ1) is 11.3. The minimum absolute atomic E-state index is 0.380. The highest BCUT2D eigenvalue weighted by atomic mass is 16.4. The van der Waals surface area contributed by atoms with Gasteiger partial charge in [-0.15, -0.1) is 0 Å². The zero-order valence-electron chi connectivity index (χ0n) is 14.6. The molecule has 122 valence electrons. The molecule has 0 N–H and O–H groups in total. The van der Waals surface area contributed by atoms with Crippen molar-refractivity contribution in [2.45, 2.75) is 41.5 Å². The summed E-state index contributed by atoms with van der Waals surface area (Å²) in [7, 11) is 0. The highest BCUT2D eigenvalue weighted by Gasteiger charge is 2.24. The number of benzene rings is 2. The largest absolute Gasteiger partial charge is 0.422 e. The smallest absolute Gasteiger partial charge is 0.344 e. The van der Waals surface area contributed by atoms with E-state index in [4.69, 9.17) is 8.83 Å². The summed E-state index contributed by atoms with van der Waals surface area (Å²) in [4.78, 5) is 25.4. The van der Waals surface area contributed by atoms with Crippen LogP contribution in [0, 0.1) is 41.5 Å². The molecule has 4 nitrogen and oxygen atoms in total. The number of rotatable bonds is 0. The van der Waals surface area contributed by atoms with Gasteiger partial charge in [0.1, 0.15) is 11.2 Å². The topological polar surface area (TPSA) is 60.4 Å². The van der Waals surface area contributed by atoms with Gasteiger partial charge in [-0.1, -0.05) is 0 Å². The molecule has 4 heteroatoms. The van der Waals surface area contributed by atoms with Gasteiger partial charge in [-0.25, -0.2) is 9.59 Å². The fourth-order valence-corrected chi connectivity index (χ4v) is 3.79. The predicted octanol–water partition coefficient (Wildman–Crippen LogP) is 4.34. The molecular weight excluding hydrogens is 304 g/mol. The van der Waals surface area contributed by atoms with Crippen molar-refractivity contribution in [3.63, 3.8) is 0 Å². The third-order valence-corrected chi connectivity index (χ3v) is 5.68. The third-order valence-electron chi connectivity index (χ3n) is 5.68. The van der Waals surface area contributed by atoms with Gasteiger partial charge >= 0.3 is 11.3 Å². The van der Waals surface area contributed by atoms with E-state index < -0.39 is 0 Å². The molecule has 0 saturated heterocycles. The summed E-state index contributed by atoms with van der Waals surface area (Å²) in [6, 6.07) is 0. The fourth-order valence-electron chi connectivity index (χ4n) is 3.79. The molecule has 4 rings (SSSR count). The zero-order valence-corrected chi connectivity index (χ0v) is 14.6. The molecule has 0 aliphatic heterocycles. The number of aryl methyl sites for hydroxylation is 4. The van der Waals surface area contributed by atoms with Crippen LogP contribution in [0.3, 0.4) is 0 Å². The Hall–Kier alpha value is -2.62. The molecule has 0 saturated carbocycles. The minimum Gasteiger partial charge on any atom is -0.422 e. The summed E-state index contributed by atoms with van der Waals surface area (Å²) in [5.74, 6) is 0. The Morgan fingerprint density at radius 3 is 1.12 bits per heavy atom. The average Bonchev–Trinajstić information content (AvgIpc) is 2.54. The van der Waals surface area contributed by atoms with Crippen LogP contribution in [-0.2, 0) is 0 Å². The lowest BCUT2D eigenvalue weighted by molar-refractivity contribution is 0.555. The van der Waals surface area contributed by atoms with E-state index in [2.05, 4.69) is 0 Å². The molecule has 2 aromatic carbocycles. The highest BCUT2D eigenvalue weighted by molar-refractivity contribution is 6.22. The molecule has 0 fully saturated rings. The van der Waals surface area contributed by atoms with Gasteiger partial charge in [0, 0.05) is 10.8 Å². The van der Waals surface area contributed by atoms with Crippen LogP contribution in [-0.4, -0.2) is 0 Å². The van der Waals surface area contributed by atoms with Crippen LogP contribution in [0.1, 0.15) is 33.4 Å². The summed E-state index contributed by atoms with van der Waals surface area (Å²) in [5.41, 5.74) is 5.65. The lowest BCUT2D eigenvalue weighted by Gasteiger charge is -2.17. The Labute approximate surface area is 138 Å². The zero-order chi connectivity index (χ0) is 17.5. The monoisotopic (exact) mass is 322 g/mol. The van der Waals surface area contributed by atoms with Gasteiger partial charge in [0.05, 0.1) is 10.8 Å². The van der Waals surface area contributed by atoms with Crippen LogP contribution in [0.4, 0.5) is 0 Å². The number of hydrogen-bond donors (Lipinski definition) is 0. The molecule has 2 aromatic heterocycles. The third kappa shape index (κ3) is 1.53. The Morgan fingerprint density at radius 1 is 0.458 bits per heavy atom. The van der Waals surface area contributed by atoms with E-state index >= 15 is 0 Å². The average molecular weight is 322 g/mol. The maximum atomic E-state index is 12.7.